The third-order valence-electron chi connectivity index (χ3n) is 12.1. The molecule has 0 spiro atoms. The van der Waals surface area contributed by atoms with Gasteiger partial charge in [-0.2, -0.15) is 0 Å². The van der Waals surface area contributed by atoms with Crippen LogP contribution in [0.25, 0.3) is 75.5 Å². The summed E-state index contributed by atoms with van der Waals surface area (Å²) < 4.78 is 2.60. The van der Waals surface area contributed by atoms with Gasteiger partial charge in [0.2, 0.25) is 0 Å². The molecule has 0 unspecified atom stereocenters. The van der Waals surface area contributed by atoms with E-state index in [1.165, 1.54) is 86.6 Å². The van der Waals surface area contributed by atoms with Crippen LogP contribution in [0.3, 0.4) is 0 Å². The third-order valence-corrected chi connectivity index (χ3v) is 13.2. The highest BCUT2D eigenvalue weighted by molar-refractivity contribution is 7.25. The van der Waals surface area contributed by atoms with Crippen molar-refractivity contribution >= 4 is 59.3 Å². The van der Waals surface area contributed by atoms with Crippen LogP contribution in [0.4, 0.5) is 17.1 Å². The summed E-state index contributed by atoms with van der Waals surface area (Å²) in [6.45, 7) is 4.74. The molecule has 1 heterocycles. The highest BCUT2D eigenvalue weighted by atomic mass is 32.1. The molecule has 0 amide bonds. The van der Waals surface area contributed by atoms with Crippen LogP contribution in [-0.2, 0) is 5.41 Å². The maximum atomic E-state index is 2.45. The summed E-state index contributed by atoms with van der Waals surface area (Å²) in [6, 6.07) is 73.8. The number of benzene rings is 9. The van der Waals surface area contributed by atoms with Crippen molar-refractivity contribution in [2.75, 3.05) is 4.90 Å². The Kier molecular flexibility index (Phi) is 7.77. The molecule has 2 heteroatoms. The van der Waals surface area contributed by atoms with Gasteiger partial charge in [-0.05, 0) is 103 Å². The van der Waals surface area contributed by atoms with Gasteiger partial charge in [0.1, 0.15) is 0 Å². The molecule has 0 aliphatic heterocycles. The molecule has 9 aromatic carbocycles. The smallest absolute Gasteiger partial charge is 0.0540 e. The van der Waals surface area contributed by atoms with E-state index in [-0.39, 0.29) is 5.41 Å². The lowest BCUT2D eigenvalue weighted by Crippen LogP contribution is -2.16. The number of nitrogens with zero attached hydrogens (tertiary/aromatic N) is 1. The summed E-state index contributed by atoms with van der Waals surface area (Å²) in [5, 5.41) is 5.12. The average Bonchev–Trinajstić information content (AvgIpc) is 3.75. The van der Waals surface area contributed by atoms with E-state index in [9.17, 15) is 0 Å². The number of para-hydroxylation sites is 1. The fourth-order valence-corrected chi connectivity index (χ4v) is 10.5. The second kappa shape index (κ2) is 13.2. The average molecular weight is 746 g/mol. The Bertz CT molecular complexity index is 3160. The number of hydrogen-bond donors (Lipinski definition) is 0. The number of thiophene rings is 1. The second-order valence-electron chi connectivity index (χ2n) is 15.7. The predicted molar refractivity (Wildman–Crippen MR) is 245 cm³/mol. The Morgan fingerprint density at radius 2 is 0.982 bits per heavy atom. The Morgan fingerprint density at radius 1 is 0.386 bits per heavy atom. The Balaban J connectivity index is 1.07. The standard InChI is InChI=1S/C55H39NS/c1-55(2)50-25-8-5-20-46(50)49-24-13-23-45(54(49)55)37-28-30-40(31-29-37)56(41-32-33-48-47-21-7-10-27-52(47)57-53(48)35-41)51-26-9-6-19-44(51)39-17-11-16-38(34-39)43-22-12-15-36-14-3-4-18-42(36)43/h3-35H,1-2H3. The highest BCUT2D eigenvalue weighted by Crippen LogP contribution is 2.52. The summed E-state index contributed by atoms with van der Waals surface area (Å²) in [7, 11) is 0. The normalized spacial score (nSPS) is 12.9. The number of fused-ring (bicyclic) bond motifs is 7. The predicted octanol–water partition coefficient (Wildman–Crippen LogP) is 16.0. The van der Waals surface area contributed by atoms with E-state index < -0.39 is 0 Å². The molecule has 1 aliphatic rings. The molecule has 0 saturated heterocycles. The lowest BCUT2D eigenvalue weighted by Gasteiger charge is -2.28. The van der Waals surface area contributed by atoms with E-state index >= 15 is 0 Å². The van der Waals surface area contributed by atoms with Gasteiger partial charge in [0.05, 0.1) is 5.69 Å². The molecule has 1 aromatic heterocycles. The van der Waals surface area contributed by atoms with E-state index in [0.717, 1.165) is 17.1 Å². The molecule has 11 rings (SSSR count). The summed E-state index contributed by atoms with van der Waals surface area (Å²) in [4.78, 5) is 2.45. The number of anilines is 3. The monoisotopic (exact) mass is 745 g/mol. The van der Waals surface area contributed by atoms with Gasteiger partial charge >= 0.3 is 0 Å². The van der Waals surface area contributed by atoms with Gasteiger partial charge in [-0.25, -0.2) is 0 Å². The molecule has 0 saturated carbocycles. The van der Waals surface area contributed by atoms with Crippen LogP contribution in [0, 0.1) is 0 Å². The van der Waals surface area contributed by atoms with E-state index in [1.54, 1.807) is 0 Å². The molecule has 1 aliphatic carbocycles. The van der Waals surface area contributed by atoms with Crippen molar-refractivity contribution < 1.29 is 0 Å². The minimum absolute atomic E-state index is 0.0909. The van der Waals surface area contributed by atoms with Gasteiger partial charge in [0.15, 0.2) is 0 Å². The fraction of sp³-hybridized carbons (Fsp3) is 0.0545. The lowest BCUT2D eigenvalue weighted by atomic mass is 9.79. The van der Waals surface area contributed by atoms with E-state index in [4.69, 9.17) is 0 Å². The minimum Gasteiger partial charge on any atom is -0.310 e. The first-order chi connectivity index (χ1) is 28.0. The second-order valence-corrected chi connectivity index (χ2v) is 16.8. The largest absolute Gasteiger partial charge is 0.310 e. The molecule has 0 bridgehead atoms. The van der Waals surface area contributed by atoms with Crippen molar-refractivity contribution in [1.29, 1.82) is 0 Å². The zero-order valence-electron chi connectivity index (χ0n) is 31.9. The first-order valence-electron chi connectivity index (χ1n) is 19.8. The van der Waals surface area contributed by atoms with E-state index in [1.807, 2.05) is 11.3 Å². The van der Waals surface area contributed by atoms with Gasteiger partial charge in [0.25, 0.3) is 0 Å². The molecule has 1 nitrogen and oxygen atoms in total. The van der Waals surface area contributed by atoms with Crippen molar-refractivity contribution in [3.8, 4) is 44.5 Å². The zero-order valence-corrected chi connectivity index (χ0v) is 32.7. The Morgan fingerprint density at radius 3 is 1.86 bits per heavy atom. The quantitative estimate of drug-likeness (QED) is 0.164. The molecule has 57 heavy (non-hydrogen) atoms. The molecule has 0 N–H and O–H groups in total. The van der Waals surface area contributed by atoms with Gasteiger partial charge in [-0.15, -0.1) is 11.3 Å². The summed E-state index contributed by atoms with van der Waals surface area (Å²) >= 11 is 1.86. The van der Waals surface area contributed by atoms with Crippen LogP contribution in [0.5, 0.6) is 0 Å². The van der Waals surface area contributed by atoms with Crippen molar-refractivity contribution in [1.82, 2.24) is 0 Å². The molecular formula is C55H39NS. The Hall–Kier alpha value is -6.74. The van der Waals surface area contributed by atoms with Crippen molar-refractivity contribution in [3.63, 3.8) is 0 Å². The summed E-state index contributed by atoms with van der Waals surface area (Å²) in [5.74, 6) is 0. The first kappa shape index (κ1) is 33.6. The lowest BCUT2D eigenvalue weighted by molar-refractivity contribution is 0.662. The highest BCUT2D eigenvalue weighted by Gasteiger charge is 2.37. The first-order valence-corrected chi connectivity index (χ1v) is 20.6. The molecule has 0 atom stereocenters. The molecular weight excluding hydrogens is 707 g/mol. The van der Waals surface area contributed by atoms with Gasteiger partial charge in [-0.1, -0.05) is 172 Å². The van der Waals surface area contributed by atoms with Crippen LogP contribution < -0.4 is 4.90 Å². The SMILES string of the molecule is CC1(C)c2ccccc2-c2cccc(-c3ccc(N(c4ccc5c(c4)sc4ccccc45)c4ccccc4-c4cccc(-c5cccc6ccccc56)c4)cc3)c21. The maximum Gasteiger partial charge on any atom is 0.0540 e. The summed E-state index contributed by atoms with van der Waals surface area (Å²) in [5.41, 5.74) is 16.1. The van der Waals surface area contributed by atoms with Crippen LogP contribution in [0.2, 0.25) is 0 Å². The van der Waals surface area contributed by atoms with Crippen LogP contribution in [0.1, 0.15) is 25.0 Å². The van der Waals surface area contributed by atoms with Crippen molar-refractivity contribution in [3.05, 3.63) is 211 Å². The van der Waals surface area contributed by atoms with Crippen LogP contribution >= 0.6 is 11.3 Å². The van der Waals surface area contributed by atoms with Crippen LogP contribution in [0.15, 0.2) is 200 Å². The van der Waals surface area contributed by atoms with Gasteiger partial charge in [-0.3, -0.25) is 0 Å². The van der Waals surface area contributed by atoms with Crippen molar-refractivity contribution in [2.45, 2.75) is 19.3 Å². The molecule has 0 fully saturated rings. The number of hydrogen-bond acceptors (Lipinski definition) is 2. The van der Waals surface area contributed by atoms with E-state index in [0.29, 0.717) is 0 Å². The third kappa shape index (κ3) is 5.44. The minimum atomic E-state index is -0.0909. The molecule has 0 radical (unpaired) electrons. The topological polar surface area (TPSA) is 3.24 Å². The Labute approximate surface area is 337 Å². The molecule has 270 valence electrons. The molecule has 10 aromatic rings. The number of rotatable bonds is 6. The summed E-state index contributed by atoms with van der Waals surface area (Å²) in [6.07, 6.45) is 0. The fourth-order valence-electron chi connectivity index (χ4n) is 9.40. The zero-order chi connectivity index (χ0) is 38.1. The van der Waals surface area contributed by atoms with Crippen LogP contribution in [-0.4, -0.2) is 0 Å². The van der Waals surface area contributed by atoms with Gasteiger partial charge in [0, 0.05) is 42.5 Å². The van der Waals surface area contributed by atoms with E-state index in [2.05, 4.69) is 219 Å². The maximum absolute atomic E-state index is 2.45. The van der Waals surface area contributed by atoms with Gasteiger partial charge < -0.3 is 4.90 Å². The van der Waals surface area contributed by atoms with Crippen molar-refractivity contribution in [2.24, 2.45) is 0 Å².